The predicted octanol–water partition coefficient (Wildman–Crippen LogP) is 3.00. The number of carbonyl (C=O) groups excluding carboxylic acids is 1. The standard InChI is InChI=1S/C20H19F2NO5/c21-15-8-14(9-16(22)10-15)13-3-1-12(2-4-13)7-17(11-20(27)28)23-18(24)5-6-19(25)26/h1-4,8-10,17H,5-7,11H2,(H,23,24)(H,25,26)(H,27,28)/t17-/m1/s1. The highest BCUT2D eigenvalue weighted by atomic mass is 19.1. The summed E-state index contributed by atoms with van der Waals surface area (Å²) in [6, 6.07) is 9.12. The lowest BCUT2D eigenvalue weighted by atomic mass is 9.99. The Morgan fingerprint density at radius 1 is 0.857 bits per heavy atom. The zero-order valence-electron chi connectivity index (χ0n) is 14.8. The van der Waals surface area contributed by atoms with Crippen molar-refractivity contribution in [2.24, 2.45) is 0 Å². The van der Waals surface area contributed by atoms with Crippen LogP contribution in [0, 0.1) is 11.6 Å². The molecule has 0 saturated heterocycles. The van der Waals surface area contributed by atoms with Crippen LogP contribution in [0.25, 0.3) is 11.1 Å². The molecule has 1 atom stereocenters. The number of aliphatic carboxylic acids is 2. The highest BCUT2D eigenvalue weighted by Gasteiger charge is 2.17. The van der Waals surface area contributed by atoms with E-state index >= 15 is 0 Å². The number of halogens is 2. The van der Waals surface area contributed by atoms with Gasteiger partial charge in [-0.1, -0.05) is 24.3 Å². The van der Waals surface area contributed by atoms with Crippen molar-refractivity contribution in [3.63, 3.8) is 0 Å². The fraction of sp³-hybridized carbons (Fsp3) is 0.250. The van der Waals surface area contributed by atoms with Gasteiger partial charge in [-0.25, -0.2) is 8.78 Å². The van der Waals surface area contributed by atoms with Crippen LogP contribution in [0.3, 0.4) is 0 Å². The van der Waals surface area contributed by atoms with E-state index in [1.54, 1.807) is 24.3 Å². The van der Waals surface area contributed by atoms with Crippen LogP contribution in [0.2, 0.25) is 0 Å². The average molecular weight is 391 g/mol. The molecule has 2 aromatic carbocycles. The van der Waals surface area contributed by atoms with Gasteiger partial charge in [0.2, 0.25) is 5.91 Å². The second-order valence-corrected chi connectivity index (χ2v) is 6.32. The Morgan fingerprint density at radius 2 is 1.46 bits per heavy atom. The fourth-order valence-corrected chi connectivity index (χ4v) is 2.74. The summed E-state index contributed by atoms with van der Waals surface area (Å²) in [4.78, 5) is 33.4. The Morgan fingerprint density at radius 3 is 2.00 bits per heavy atom. The molecule has 3 N–H and O–H groups in total. The maximum Gasteiger partial charge on any atom is 0.305 e. The molecule has 0 saturated carbocycles. The number of hydrogen-bond donors (Lipinski definition) is 3. The highest BCUT2D eigenvalue weighted by Crippen LogP contribution is 2.22. The Kier molecular flexibility index (Phi) is 7.20. The Hall–Kier alpha value is -3.29. The first kappa shape index (κ1) is 21.0. The maximum absolute atomic E-state index is 13.3. The minimum atomic E-state index is -1.12. The van der Waals surface area contributed by atoms with E-state index in [0.29, 0.717) is 16.7 Å². The van der Waals surface area contributed by atoms with Crippen LogP contribution in [-0.4, -0.2) is 34.1 Å². The van der Waals surface area contributed by atoms with Gasteiger partial charge in [-0.3, -0.25) is 14.4 Å². The smallest absolute Gasteiger partial charge is 0.305 e. The molecule has 1 amide bonds. The molecule has 0 aliphatic heterocycles. The second-order valence-electron chi connectivity index (χ2n) is 6.32. The number of nitrogens with one attached hydrogen (secondary N) is 1. The molecule has 28 heavy (non-hydrogen) atoms. The number of rotatable bonds is 9. The van der Waals surface area contributed by atoms with Crippen molar-refractivity contribution in [1.29, 1.82) is 0 Å². The largest absolute Gasteiger partial charge is 0.481 e. The fourth-order valence-electron chi connectivity index (χ4n) is 2.74. The zero-order valence-corrected chi connectivity index (χ0v) is 14.8. The van der Waals surface area contributed by atoms with Crippen molar-refractivity contribution >= 4 is 17.8 Å². The molecule has 0 spiro atoms. The molecule has 148 valence electrons. The van der Waals surface area contributed by atoms with E-state index < -0.39 is 35.5 Å². The van der Waals surface area contributed by atoms with Gasteiger partial charge < -0.3 is 15.5 Å². The lowest BCUT2D eigenvalue weighted by Crippen LogP contribution is -2.38. The van der Waals surface area contributed by atoms with Crippen molar-refractivity contribution in [2.75, 3.05) is 0 Å². The van der Waals surface area contributed by atoms with E-state index in [1.807, 2.05) is 0 Å². The third-order valence-electron chi connectivity index (χ3n) is 3.98. The Bertz CT molecular complexity index is 847. The topological polar surface area (TPSA) is 104 Å². The molecule has 6 nitrogen and oxygen atoms in total. The molecule has 0 radical (unpaired) electrons. The first-order chi connectivity index (χ1) is 13.2. The van der Waals surface area contributed by atoms with Crippen LogP contribution in [0.1, 0.15) is 24.8 Å². The number of carboxylic acid groups (broad SMARTS) is 2. The van der Waals surface area contributed by atoms with E-state index in [9.17, 15) is 23.2 Å². The number of carbonyl (C=O) groups is 3. The van der Waals surface area contributed by atoms with E-state index in [-0.39, 0.29) is 25.7 Å². The number of amides is 1. The minimum absolute atomic E-state index is 0.211. The summed E-state index contributed by atoms with van der Waals surface area (Å²) < 4.78 is 26.7. The summed E-state index contributed by atoms with van der Waals surface area (Å²) >= 11 is 0. The molecule has 0 aliphatic carbocycles. The van der Waals surface area contributed by atoms with Crippen LogP contribution >= 0.6 is 0 Å². The number of hydrogen-bond acceptors (Lipinski definition) is 3. The van der Waals surface area contributed by atoms with Gasteiger partial charge in [-0.05, 0) is 35.2 Å². The van der Waals surface area contributed by atoms with Crippen molar-refractivity contribution in [3.8, 4) is 11.1 Å². The van der Waals surface area contributed by atoms with Crippen molar-refractivity contribution < 1.29 is 33.4 Å². The van der Waals surface area contributed by atoms with Crippen molar-refractivity contribution in [3.05, 3.63) is 59.7 Å². The molecule has 0 aliphatic rings. The van der Waals surface area contributed by atoms with E-state index in [4.69, 9.17) is 10.2 Å². The summed E-state index contributed by atoms with van der Waals surface area (Å²) in [5.74, 6) is -4.14. The normalized spacial score (nSPS) is 11.6. The molecule has 2 rings (SSSR count). The zero-order chi connectivity index (χ0) is 20.7. The molecule has 0 unspecified atom stereocenters. The van der Waals surface area contributed by atoms with Gasteiger partial charge in [-0.2, -0.15) is 0 Å². The Labute approximate surface area is 159 Å². The monoisotopic (exact) mass is 391 g/mol. The van der Waals surface area contributed by atoms with Gasteiger partial charge >= 0.3 is 11.9 Å². The molecule has 0 aromatic heterocycles. The van der Waals surface area contributed by atoms with E-state index in [0.717, 1.165) is 6.07 Å². The highest BCUT2D eigenvalue weighted by molar-refractivity contribution is 5.81. The van der Waals surface area contributed by atoms with Gasteiger partial charge in [-0.15, -0.1) is 0 Å². The van der Waals surface area contributed by atoms with Crippen LogP contribution in [-0.2, 0) is 20.8 Å². The second kappa shape index (κ2) is 9.59. The molecular weight excluding hydrogens is 372 g/mol. The van der Waals surface area contributed by atoms with Crippen LogP contribution in [0.15, 0.2) is 42.5 Å². The lowest BCUT2D eigenvalue weighted by molar-refractivity contribution is -0.140. The van der Waals surface area contributed by atoms with Crippen LogP contribution in [0.5, 0.6) is 0 Å². The summed E-state index contributed by atoms with van der Waals surface area (Å²) in [6.45, 7) is 0. The summed E-state index contributed by atoms with van der Waals surface area (Å²) in [5, 5.41) is 20.2. The average Bonchev–Trinajstić information content (AvgIpc) is 2.59. The third kappa shape index (κ3) is 6.79. The van der Waals surface area contributed by atoms with Crippen molar-refractivity contribution in [2.45, 2.75) is 31.7 Å². The van der Waals surface area contributed by atoms with Crippen LogP contribution < -0.4 is 5.32 Å². The third-order valence-corrected chi connectivity index (χ3v) is 3.98. The number of carboxylic acids is 2. The Balaban J connectivity index is 2.08. The van der Waals surface area contributed by atoms with Crippen molar-refractivity contribution in [1.82, 2.24) is 5.32 Å². The molecule has 2 aromatic rings. The predicted molar refractivity (Wildman–Crippen MR) is 96.6 cm³/mol. The van der Waals surface area contributed by atoms with Gasteiger partial charge in [0.05, 0.1) is 12.8 Å². The quantitative estimate of drug-likeness (QED) is 0.610. The summed E-state index contributed by atoms with van der Waals surface area (Å²) in [6.07, 6.45) is -0.696. The van der Waals surface area contributed by atoms with Crippen LogP contribution in [0.4, 0.5) is 8.78 Å². The summed E-state index contributed by atoms with van der Waals surface area (Å²) in [5.41, 5.74) is 1.67. The van der Waals surface area contributed by atoms with Gasteiger partial charge in [0.1, 0.15) is 11.6 Å². The lowest BCUT2D eigenvalue weighted by Gasteiger charge is -2.17. The molecular formula is C20H19F2NO5. The first-order valence-corrected chi connectivity index (χ1v) is 8.51. The van der Waals surface area contributed by atoms with Gasteiger partial charge in [0.25, 0.3) is 0 Å². The molecule has 0 heterocycles. The molecule has 8 heteroatoms. The van der Waals surface area contributed by atoms with Gasteiger partial charge in [0, 0.05) is 18.5 Å². The molecule has 0 fully saturated rings. The van der Waals surface area contributed by atoms with E-state index in [1.165, 1.54) is 12.1 Å². The SMILES string of the molecule is O=C(O)CCC(=O)N[C@@H](CC(=O)O)Cc1ccc(-c2cc(F)cc(F)c2)cc1. The first-order valence-electron chi connectivity index (χ1n) is 8.51. The minimum Gasteiger partial charge on any atom is -0.481 e. The summed E-state index contributed by atoms with van der Waals surface area (Å²) in [7, 11) is 0. The van der Waals surface area contributed by atoms with E-state index in [2.05, 4.69) is 5.32 Å². The molecule has 0 bridgehead atoms. The maximum atomic E-state index is 13.3. The van der Waals surface area contributed by atoms with Gasteiger partial charge in [0.15, 0.2) is 0 Å². The number of benzene rings is 2.